The summed E-state index contributed by atoms with van der Waals surface area (Å²) in [6.45, 7) is 5.57. The molecule has 0 radical (unpaired) electrons. The van der Waals surface area contributed by atoms with Crippen LogP contribution in [0.5, 0.6) is 0 Å². The van der Waals surface area contributed by atoms with Crippen LogP contribution in [0.3, 0.4) is 0 Å². The maximum Gasteiger partial charge on any atom is 0.240 e. The van der Waals surface area contributed by atoms with Gasteiger partial charge in [0.1, 0.15) is 0 Å². The number of rotatable bonds is 10. The number of aliphatic hydroxyl groups excluding tert-OH is 1. The highest BCUT2D eigenvalue weighted by atomic mass is 32.2. The molecule has 0 bridgehead atoms. The highest BCUT2D eigenvalue weighted by Gasteiger charge is 2.12. The maximum atomic E-state index is 12.0. The molecule has 2 N–H and O–H groups in total. The molecule has 0 fully saturated rings. The summed E-state index contributed by atoms with van der Waals surface area (Å²) in [5.41, 5.74) is 0.911. The summed E-state index contributed by atoms with van der Waals surface area (Å²) in [7, 11) is -3.49. The third-order valence-electron chi connectivity index (χ3n) is 3.01. The molecule has 21 heavy (non-hydrogen) atoms. The zero-order chi connectivity index (χ0) is 15.7. The average Bonchev–Trinajstić information content (AvgIpc) is 2.43. The predicted molar refractivity (Wildman–Crippen MR) is 82.7 cm³/mol. The molecule has 0 spiro atoms. The number of sulfonamides is 1. The smallest absolute Gasteiger partial charge is 0.240 e. The molecule has 1 rings (SSSR count). The van der Waals surface area contributed by atoms with Gasteiger partial charge in [-0.2, -0.15) is 0 Å². The Hall–Kier alpha value is -0.950. The van der Waals surface area contributed by atoms with Gasteiger partial charge in [-0.05, 0) is 36.5 Å². The molecule has 0 aliphatic carbocycles. The molecule has 0 unspecified atom stereocenters. The van der Waals surface area contributed by atoms with Crippen molar-refractivity contribution in [3.8, 4) is 0 Å². The van der Waals surface area contributed by atoms with Gasteiger partial charge in [-0.3, -0.25) is 0 Å². The van der Waals surface area contributed by atoms with E-state index in [9.17, 15) is 8.42 Å². The van der Waals surface area contributed by atoms with E-state index in [1.54, 1.807) is 24.3 Å². The summed E-state index contributed by atoms with van der Waals surface area (Å²) in [5, 5.41) is 8.83. The predicted octanol–water partition coefficient (Wildman–Crippen LogP) is 1.56. The van der Waals surface area contributed by atoms with Gasteiger partial charge in [-0.15, -0.1) is 0 Å². The summed E-state index contributed by atoms with van der Waals surface area (Å²) in [5.74, 6) is 0.583. The van der Waals surface area contributed by atoms with Crippen molar-refractivity contribution in [2.45, 2.75) is 31.6 Å². The van der Waals surface area contributed by atoms with Crippen molar-refractivity contribution >= 4 is 10.0 Å². The number of benzene rings is 1. The minimum absolute atomic E-state index is 0.0536. The second kappa shape index (κ2) is 9.15. The van der Waals surface area contributed by atoms with Crippen molar-refractivity contribution in [1.82, 2.24) is 4.72 Å². The van der Waals surface area contributed by atoms with Crippen LogP contribution in [0.4, 0.5) is 0 Å². The van der Waals surface area contributed by atoms with E-state index in [-0.39, 0.29) is 18.0 Å². The normalized spacial score (nSPS) is 12.0. The third-order valence-corrected chi connectivity index (χ3v) is 4.49. The van der Waals surface area contributed by atoms with Crippen molar-refractivity contribution in [1.29, 1.82) is 0 Å². The van der Waals surface area contributed by atoms with Gasteiger partial charge in [0.15, 0.2) is 0 Å². The van der Waals surface area contributed by atoms with Crippen molar-refractivity contribution in [2.75, 3.05) is 26.4 Å². The van der Waals surface area contributed by atoms with E-state index in [0.717, 1.165) is 12.0 Å². The molecular weight excluding hydrogens is 290 g/mol. The summed E-state index contributed by atoms with van der Waals surface area (Å²) in [6, 6.07) is 6.52. The van der Waals surface area contributed by atoms with Crippen LogP contribution in [-0.2, 0) is 21.2 Å². The van der Waals surface area contributed by atoms with E-state index in [0.29, 0.717) is 25.6 Å². The fraction of sp³-hybridized carbons (Fsp3) is 0.600. The van der Waals surface area contributed by atoms with E-state index in [4.69, 9.17) is 9.84 Å². The van der Waals surface area contributed by atoms with Crippen molar-refractivity contribution in [3.63, 3.8) is 0 Å². The van der Waals surface area contributed by atoms with Gasteiger partial charge in [0, 0.05) is 19.8 Å². The van der Waals surface area contributed by atoms with Gasteiger partial charge in [0.2, 0.25) is 10.0 Å². The molecule has 5 nitrogen and oxygen atoms in total. The summed E-state index contributed by atoms with van der Waals surface area (Å²) >= 11 is 0. The first-order valence-corrected chi connectivity index (χ1v) is 8.71. The molecule has 0 aromatic heterocycles. The number of ether oxygens (including phenoxy) is 1. The molecule has 6 heteroatoms. The van der Waals surface area contributed by atoms with Crippen LogP contribution in [0.1, 0.15) is 25.8 Å². The minimum Gasteiger partial charge on any atom is -0.396 e. The van der Waals surface area contributed by atoms with Crippen LogP contribution in [-0.4, -0.2) is 39.9 Å². The Bertz CT molecular complexity index is 497. The van der Waals surface area contributed by atoms with Gasteiger partial charge in [0.05, 0.1) is 11.5 Å². The lowest BCUT2D eigenvalue weighted by Gasteiger charge is -2.09. The van der Waals surface area contributed by atoms with E-state index >= 15 is 0 Å². The number of hydrogen-bond acceptors (Lipinski definition) is 4. The Morgan fingerprint density at radius 2 is 1.86 bits per heavy atom. The Labute approximate surface area is 127 Å². The Balaban J connectivity index is 2.39. The van der Waals surface area contributed by atoms with Crippen molar-refractivity contribution in [3.05, 3.63) is 29.8 Å². The Morgan fingerprint density at radius 3 is 2.43 bits per heavy atom. The number of nitrogens with one attached hydrogen (secondary N) is 1. The average molecular weight is 315 g/mol. The topological polar surface area (TPSA) is 75.6 Å². The standard InChI is InChI=1S/C15H25NO4S/c1-13(2)8-11-20-12-9-16-21(18,19)15-5-3-14(4-6-15)7-10-17/h3-6,13,16-17H,7-12H2,1-2H3. The van der Waals surface area contributed by atoms with Crippen LogP contribution in [0, 0.1) is 5.92 Å². The maximum absolute atomic E-state index is 12.0. The summed E-state index contributed by atoms with van der Waals surface area (Å²) < 4.78 is 31.9. The van der Waals surface area contributed by atoms with E-state index in [1.165, 1.54) is 0 Å². The lowest BCUT2D eigenvalue weighted by molar-refractivity contribution is 0.128. The molecule has 0 aliphatic rings. The molecule has 0 aliphatic heterocycles. The Morgan fingerprint density at radius 1 is 1.19 bits per heavy atom. The highest BCUT2D eigenvalue weighted by molar-refractivity contribution is 7.89. The molecule has 0 atom stereocenters. The van der Waals surface area contributed by atoms with E-state index < -0.39 is 10.0 Å². The van der Waals surface area contributed by atoms with Crippen molar-refractivity contribution < 1.29 is 18.3 Å². The van der Waals surface area contributed by atoms with Crippen LogP contribution >= 0.6 is 0 Å². The first-order chi connectivity index (χ1) is 9.95. The zero-order valence-electron chi connectivity index (χ0n) is 12.7. The molecule has 0 saturated heterocycles. The molecular formula is C15H25NO4S. The van der Waals surface area contributed by atoms with Crippen LogP contribution < -0.4 is 4.72 Å². The Kier molecular flexibility index (Phi) is 7.88. The summed E-state index contributed by atoms with van der Waals surface area (Å²) in [6.07, 6.45) is 1.50. The van der Waals surface area contributed by atoms with Gasteiger partial charge in [-0.1, -0.05) is 26.0 Å². The van der Waals surface area contributed by atoms with Crippen molar-refractivity contribution in [2.24, 2.45) is 5.92 Å². The molecule has 120 valence electrons. The fourth-order valence-corrected chi connectivity index (χ4v) is 2.73. The van der Waals surface area contributed by atoms with Gasteiger partial charge in [0.25, 0.3) is 0 Å². The lowest BCUT2D eigenvalue weighted by atomic mass is 10.1. The quantitative estimate of drug-likeness (QED) is 0.643. The second-order valence-electron chi connectivity index (χ2n) is 5.31. The SMILES string of the molecule is CC(C)CCOCCNS(=O)(=O)c1ccc(CCO)cc1. The monoisotopic (exact) mass is 315 g/mol. The van der Waals surface area contributed by atoms with Gasteiger partial charge >= 0.3 is 0 Å². The fourth-order valence-electron chi connectivity index (χ4n) is 1.72. The highest BCUT2D eigenvalue weighted by Crippen LogP contribution is 2.10. The molecule has 1 aromatic carbocycles. The lowest BCUT2D eigenvalue weighted by Crippen LogP contribution is -2.27. The number of aliphatic hydroxyl groups is 1. The molecule has 0 heterocycles. The van der Waals surface area contributed by atoms with E-state index in [1.807, 2.05) is 0 Å². The first-order valence-electron chi connectivity index (χ1n) is 7.23. The molecule has 0 saturated carbocycles. The minimum atomic E-state index is -3.49. The zero-order valence-corrected chi connectivity index (χ0v) is 13.5. The molecule has 1 aromatic rings. The number of hydrogen-bond donors (Lipinski definition) is 2. The molecule has 0 amide bonds. The summed E-state index contributed by atoms with van der Waals surface area (Å²) in [4.78, 5) is 0.228. The second-order valence-corrected chi connectivity index (χ2v) is 7.08. The van der Waals surface area contributed by atoms with Crippen LogP contribution in [0.15, 0.2) is 29.2 Å². The van der Waals surface area contributed by atoms with Gasteiger partial charge < -0.3 is 9.84 Å². The van der Waals surface area contributed by atoms with E-state index in [2.05, 4.69) is 18.6 Å². The van der Waals surface area contributed by atoms with Gasteiger partial charge in [-0.25, -0.2) is 13.1 Å². The first kappa shape index (κ1) is 18.1. The van der Waals surface area contributed by atoms with Crippen LogP contribution in [0.2, 0.25) is 0 Å². The van der Waals surface area contributed by atoms with Crippen LogP contribution in [0.25, 0.3) is 0 Å². The third kappa shape index (κ3) is 7.04. The largest absolute Gasteiger partial charge is 0.396 e.